The zero-order chi connectivity index (χ0) is 22.0. The number of rotatable bonds is 8. The molecule has 0 amide bonds. The Bertz CT molecular complexity index is 1210. The highest BCUT2D eigenvalue weighted by atomic mass is 35.5. The summed E-state index contributed by atoms with van der Waals surface area (Å²) in [6.45, 7) is 3.74. The average molecular weight is 444 g/mol. The van der Waals surface area contributed by atoms with Crippen molar-refractivity contribution in [1.29, 1.82) is 0 Å². The second-order valence-electron chi connectivity index (χ2n) is 7.20. The summed E-state index contributed by atoms with van der Waals surface area (Å²) in [7, 11) is 3.98. The summed E-state index contributed by atoms with van der Waals surface area (Å²) >= 11 is 6.14. The molecular weight excluding hydrogens is 421 g/mol. The maximum absolute atomic E-state index is 14.2. The predicted molar refractivity (Wildman–Crippen MR) is 120 cm³/mol. The molecule has 0 aliphatic carbocycles. The van der Waals surface area contributed by atoms with Crippen molar-refractivity contribution in [2.75, 3.05) is 39.2 Å². The molecule has 0 radical (unpaired) electrons. The van der Waals surface area contributed by atoms with Gasteiger partial charge in [-0.3, -0.25) is 9.38 Å². The van der Waals surface area contributed by atoms with E-state index in [4.69, 9.17) is 21.1 Å². The zero-order valence-corrected chi connectivity index (χ0v) is 18.3. The fourth-order valence-corrected chi connectivity index (χ4v) is 3.40. The molecule has 2 heterocycles. The van der Waals surface area contributed by atoms with Crippen LogP contribution in [0.2, 0.25) is 5.02 Å². The third-order valence-electron chi connectivity index (χ3n) is 4.73. The highest BCUT2D eigenvalue weighted by molar-refractivity contribution is 6.33. The number of para-hydroxylation sites is 1. The Labute approximate surface area is 184 Å². The van der Waals surface area contributed by atoms with Gasteiger partial charge in [-0.25, -0.2) is 9.37 Å². The second kappa shape index (κ2) is 8.95. The molecule has 162 valence electrons. The first-order valence-corrected chi connectivity index (χ1v) is 10.3. The molecule has 7 nitrogen and oxygen atoms in total. The number of halogens is 2. The largest absolute Gasteiger partial charge is 0.490 e. The summed E-state index contributed by atoms with van der Waals surface area (Å²) in [4.78, 5) is 11.0. The molecule has 0 unspecified atom stereocenters. The first-order valence-electron chi connectivity index (χ1n) is 9.89. The summed E-state index contributed by atoms with van der Waals surface area (Å²) in [6.07, 6.45) is 3.33. The summed E-state index contributed by atoms with van der Waals surface area (Å²) in [5.41, 5.74) is 2.37. The van der Waals surface area contributed by atoms with Crippen molar-refractivity contribution >= 4 is 39.7 Å². The van der Waals surface area contributed by atoms with Crippen LogP contribution in [-0.2, 0) is 0 Å². The van der Waals surface area contributed by atoms with E-state index in [1.54, 1.807) is 24.7 Å². The Kier molecular flexibility index (Phi) is 6.11. The molecule has 0 saturated heterocycles. The SMILES string of the molecule is CCOc1cc2c(cc1OCCN(C)C)ncc1c(Nc3c(F)cccc3Cl)ncn12. The molecule has 1 N–H and O–H groups in total. The summed E-state index contributed by atoms with van der Waals surface area (Å²) in [5, 5.41) is 3.25. The molecule has 0 fully saturated rings. The van der Waals surface area contributed by atoms with Crippen molar-refractivity contribution in [1.82, 2.24) is 19.3 Å². The topological polar surface area (TPSA) is 63.9 Å². The van der Waals surface area contributed by atoms with Crippen molar-refractivity contribution in [3.8, 4) is 11.5 Å². The van der Waals surface area contributed by atoms with E-state index in [-0.39, 0.29) is 10.7 Å². The number of aromatic nitrogens is 3. The number of benzene rings is 2. The standard InChI is InChI=1S/C22H23ClFN5O2/c1-4-30-20-11-17-16(10-19(20)31-9-8-28(2)3)25-12-18-22(26-13-29(17)18)27-21-14(23)6-5-7-15(21)24/h5-7,10-13,27H,4,8-9H2,1-3H3. The van der Waals surface area contributed by atoms with Crippen molar-refractivity contribution in [2.24, 2.45) is 0 Å². The molecule has 0 aliphatic heterocycles. The third kappa shape index (κ3) is 4.35. The Morgan fingerprint density at radius 2 is 1.94 bits per heavy atom. The van der Waals surface area contributed by atoms with Crippen LogP contribution in [0.3, 0.4) is 0 Å². The van der Waals surface area contributed by atoms with Gasteiger partial charge in [-0.2, -0.15) is 0 Å². The fraction of sp³-hybridized carbons (Fsp3) is 0.273. The van der Waals surface area contributed by atoms with Crippen LogP contribution in [0.1, 0.15) is 6.92 Å². The number of hydrogen-bond acceptors (Lipinski definition) is 6. The van der Waals surface area contributed by atoms with Crippen LogP contribution in [0.4, 0.5) is 15.9 Å². The van der Waals surface area contributed by atoms with Gasteiger partial charge in [0.2, 0.25) is 0 Å². The normalized spacial score (nSPS) is 11.4. The minimum Gasteiger partial charge on any atom is -0.490 e. The molecule has 0 bridgehead atoms. The van der Waals surface area contributed by atoms with E-state index in [0.717, 1.165) is 17.6 Å². The highest BCUT2D eigenvalue weighted by Crippen LogP contribution is 2.34. The molecular formula is C22H23ClFN5O2. The van der Waals surface area contributed by atoms with Crippen LogP contribution < -0.4 is 14.8 Å². The van der Waals surface area contributed by atoms with Crippen molar-refractivity contribution in [3.05, 3.63) is 53.7 Å². The average Bonchev–Trinajstić information content (AvgIpc) is 3.14. The van der Waals surface area contributed by atoms with Crippen molar-refractivity contribution < 1.29 is 13.9 Å². The quantitative estimate of drug-likeness (QED) is 0.423. The molecule has 4 rings (SSSR count). The van der Waals surface area contributed by atoms with Crippen molar-refractivity contribution in [2.45, 2.75) is 6.92 Å². The number of nitrogens with one attached hydrogen (secondary N) is 1. The van der Waals surface area contributed by atoms with Gasteiger partial charge in [0.05, 0.1) is 34.5 Å². The van der Waals surface area contributed by atoms with Gasteiger partial charge in [0, 0.05) is 18.7 Å². The van der Waals surface area contributed by atoms with E-state index >= 15 is 0 Å². The first-order chi connectivity index (χ1) is 15.0. The maximum Gasteiger partial charge on any atom is 0.163 e. The highest BCUT2D eigenvalue weighted by Gasteiger charge is 2.15. The van der Waals surface area contributed by atoms with Gasteiger partial charge in [-0.1, -0.05) is 17.7 Å². The maximum atomic E-state index is 14.2. The van der Waals surface area contributed by atoms with Crippen LogP contribution in [0.25, 0.3) is 16.6 Å². The second-order valence-corrected chi connectivity index (χ2v) is 7.61. The summed E-state index contributed by atoms with van der Waals surface area (Å²) < 4.78 is 27.8. The predicted octanol–water partition coefficient (Wildman–Crippen LogP) is 4.76. The lowest BCUT2D eigenvalue weighted by molar-refractivity contribution is 0.244. The van der Waals surface area contributed by atoms with E-state index < -0.39 is 5.82 Å². The minimum absolute atomic E-state index is 0.171. The van der Waals surface area contributed by atoms with Crippen LogP contribution in [0.15, 0.2) is 42.9 Å². The summed E-state index contributed by atoms with van der Waals surface area (Å²) in [5.74, 6) is 1.26. The van der Waals surface area contributed by atoms with Crippen LogP contribution >= 0.6 is 11.6 Å². The van der Waals surface area contributed by atoms with Gasteiger partial charge in [0.15, 0.2) is 17.3 Å². The molecule has 2 aromatic heterocycles. The lowest BCUT2D eigenvalue weighted by Gasteiger charge is -2.15. The van der Waals surface area contributed by atoms with Crippen LogP contribution in [0.5, 0.6) is 11.5 Å². The Morgan fingerprint density at radius 3 is 2.68 bits per heavy atom. The van der Waals surface area contributed by atoms with Gasteiger partial charge in [0.1, 0.15) is 24.3 Å². The Balaban J connectivity index is 1.74. The van der Waals surface area contributed by atoms with Gasteiger partial charge in [0.25, 0.3) is 0 Å². The van der Waals surface area contributed by atoms with Gasteiger partial charge in [-0.05, 0) is 33.2 Å². The fourth-order valence-electron chi connectivity index (χ4n) is 3.19. The lowest BCUT2D eigenvalue weighted by Crippen LogP contribution is -2.19. The van der Waals surface area contributed by atoms with E-state index in [1.807, 2.05) is 42.5 Å². The zero-order valence-electron chi connectivity index (χ0n) is 17.5. The number of ether oxygens (including phenoxy) is 2. The number of hydrogen-bond donors (Lipinski definition) is 1. The number of anilines is 2. The number of imidazole rings is 1. The molecule has 31 heavy (non-hydrogen) atoms. The molecule has 2 aromatic carbocycles. The number of nitrogens with zero attached hydrogens (tertiary/aromatic N) is 4. The van der Waals surface area contributed by atoms with E-state index in [0.29, 0.717) is 36.0 Å². The number of fused-ring (bicyclic) bond motifs is 3. The Hall–Kier alpha value is -3.10. The summed E-state index contributed by atoms with van der Waals surface area (Å²) in [6, 6.07) is 8.25. The molecule has 9 heteroatoms. The van der Waals surface area contributed by atoms with E-state index in [2.05, 4.69) is 15.3 Å². The Morgan fingerprint density at radius 1 is 1.13 bits per heavy atom. The van der Waals surface area contributed by atoms with E-state index in [9.17, 15) is 4.39 Å². The van der Waals surface area contributed by atoms with Gasteiger partial charge < -0.3 is 19.7 Å². The monoisotopic (exact) mass is 443 g/mol. The smallest absolute Gasteiger partial charge is 0.163 e. The lowest BCUT2D eigenvalue weighted by atomic mass is 10.2. The molecule has 4 aromatic rings. The third-order valence-corrected chi connectivity index (χ3v) is 5.05. The molecule has 0 aliphatic rings. The molecule has 0 atom stereocenters. The minimum atomic E-state index is -0.458. The number of likely N-dealkylation sites (N-methyl/N-ethyl adjacent to an activating group) is 1. The van der Waals surface area contributed by atoms with Gasteiger partial charge >= 0.3 is 0 Å². The first kappa shape index (κ1) is 21.1. The van der Waals surface area contributed by atoms with Crippen LogP contribution in [-0.4, -0.2) is 53.1 Å². The molecule has 0 spiro atoms. The van der Waals surface area contributed by atoms with Crippen molar-refractivity contribution in [3.63, 3.8) is 0 Å². The molecule has 0 saturated carbocycles. The van der Waals surface area contributed by atoms with Gasteiger partial charge in [-0.15, -0.1) is 0 Å². The van der Waals surface area contributed by atoms with E-state index in [1.165, 1.54) is 6.07 Å². The van der Waals surface area contributed by atoms with Crippen LogP contribution in [0, 0.1) is 5.82 Å².